The standard InChI is InChI=1S/C25H22FN3O.C25H24N4O.C23H19F3N4O.C23H21FN4O.C23H22N4O/c1-17-15-19(4-6-22(17)26)25-20(3-2-9-28-25)18-5-7-23-21(16-18)24(8-10-27-23)29-11-13-30-14-12-29;1-3-19(18-6-7-18)15-20(4-1)25-22(5-2-10-26-25)21-8-9-23-27-16-24(29(23)17-21)28-11-13-30-14-12-28;24-23(25,26)18-4-1-3-16(13-18)22-19(5-2-8-27-22)17-6-7-20-28-14-21(30(20)15-17)29-9-11-31-12-10-29;1-16-13-17(4-6-20(16)24)23-19(3-2-8-25-23)18-5-7-21-26-14-22(28(21)15-18)27-9-11-29-12-10-27;1-17-4-2-5-18(14-17)23-20(6-3-9-24-23)19-7-8-21-25-15-22(27(21)16-19)26-10-12-28-13-11-26/h2-10,15-16H,11-14H2,1H3;1-5,8-10,15-18H,6-7,11-14H2;1-8,13-15H,9-12H2;2-8,13-15H,9-12H2,1H3;2-9,14-16H,10-13H2,1H3. The number of nitrogens with zero attached hydrogens (tertiary/aromatic N) is 19. The monoisotopic (exact) mass is 1980 g/mol. The first-order valence-electron chi connectivity index (χ1n) is 50.1. The molecule has 0 spiro atoms. The van der Waals surface area contributed by atoms with Crippen LogP contribution in [0, 0.1) is 32.4 Å². The molecule has 0 N–H and O–H groups in total. The number of aromatic nitrogens is 14. The quantitative estimate of drug-likeness (QED) is 0.0824. The molecule has 5 saturated heterocycles. The minimum absolute atomic E-state index is 0.205. The largest absolute Gasteiger partial charge is 0.416 e. The molecule has 0 atom stereocenters. The number of ether oxygens (including phenoxy) is 5. The Morgan fingerprint density at radius 2 is 0.601 bits per heavy atom. The van der Waals surface area contributed by atoms with Gasteiger partial charge in [0.15, 0.2) is 0 Å². The Morgan fingerprint density at radius 3 is 0.959 bits per heavy atom. The van der Waals surface area contributed by atoms with E-state index in [1.54, 1.807) is 56.7 Å². The van der Waals surface area contributed by atoms with Crippen molar-refractivity contribution in [1.29, 1.82) is 0 Å². The van der Waals surface area contributed by atoms with Crippen LogP contribution < -0.4 is 24.5 Å². The third-order valence-electron chi connectivity index (χ3n) is 27.8. The van der Waals surface area contributed by atoms with Crippen LogP contribution in [0.2, 0.25) is 0 Å². The molecule has 744 valence electrons. The predicted molar refractivity (Wildman–Crippen MR) is 572 cm³/mol. The molecular weight excluding hydrogens is 1870 g/mol. The number of alkyl halides is 3. The van der Waals surface area contributed by atoms with Crippen molar-refractivity contribution in [2.45, 2.75) is 45.7 Å². The number of rotatable bonds is 16. The molecule has 0 amide bonds. The summed E-state index contributed by atoms with van der Waals surface area (Å²) < 4.78 is 103. The van der Waals surface area contributed by atoms with Crippen LogP contribution in [0.5, 0.6) is 0 Å². The normalized spacial score (nSPS) is 15.0. The average Bonchev–Trinajstić information content (AvgIpc) is 1.42. The van der Waals surface area contributed by atoms with E-state index in [0.717, 1.165) is 288 Å². The number of halogens is 5. The van der Waals surface area contributed by atoms with Gasteiger partial charge in [0.2, 0.25) is 0 Å². The molecule has 19 heterocycles. The summed E-state index contributed by atoms with van der Waals surface area (Å²) in [6, 6.07) is 77.6. The van der Waals surface area contributed by atoms with E-state index in [1.807, 2.05) is 121 Å². The minimum atomic E-state index is -4.41. The highest BCUT2D eigenvalue weighted by molar-refractivity contribution is 5.97. The SMILES string of the molecule is Cc1cc(-c2ncccc2-c2ccc3ncc(N4CCOCC4)n3c2)ccc1F.Cc1cc(-c2ncccc2-c2ccc3nccc(N4CCOCC4)c3c2)ccc1F.Cc1cccc(-c2ncccc2-c2ccc3ncc(N4CCOCC4)n3c2)c1.FC(F)(F)c1cccc(-c2ncccc2-c2ccc3ncc(N4CCOCC4)n3c2)c1.c1cc(-c2ncccc2-c2ccc3ncc(N4CCOCC4)n3c2)cc(C2CC2)c1. The number of imidazole rings is 4. The van der Waals surface area contributed by atoms with E-state index in [2.05, 4.69) is 224 Å². The molecule has 6 aromatic carbocycles. The van der Waals surface area contributed by atoms with Gasteiger partial charge in [-0.25, -0.2) is 28.7 Å². The van der Waals surface area contributed by atoms with E-state index >= 15 is 0 Å². The molecule has 24 nitrogen and oxygen atoms in total. The number of pyridine rings is 10. The smallest absolute Gasteiger partial charge is 0.378 e. The zero-order valence-corrected chi connectivity index (χ0v) is 82.2. The molecule has 26 rings (SSSR count). The fraction of sp³-hybridized carbons (Fsp3) is 0.227. The second-order valence-corrected chi connectivity index (χ2v) is 37.4. The van der Waals surface area contributed by atoms with Crippen molar-refractivity contribution < 1.29 is 45.6 Å². The van der Waals surface area contributed by atoms with E-state index in [0.29, 0.717) is 35.6 Å². The van der Waals surface area contributed by atoms with Gasteiger partial charge in [0, 0.05) is 216 Å². The summed E-state index contributed by atoms with van der Waals surface area (Å²) in [6.07, 6.45) is 25.0. The van der Waals surface area contributed by atoms with Crippen LogP contribution >= 0.6 is 0 Å². The van der Waals surface area contributed by atoms with Crippen molar-refractivity contribution in [3.63, 3.8) is 0 Å². The van der Waals surface area contributed by atoms with Crippen LogP contribution in [0.3, 0.4) is 0 Å². The lowest BCUT2D eigenvalue weighted by Crippen LogP contribution is -2.36. The van der Waals surface area contributed by atoms with E-state index in [9.17, 15) is 22.0 Å². The lowest BCUT2D eigenvalue weighted by molar-refractivity contribution is -0.137. The Kier molecular flexibility index (Phi) is 28.4. The maximum Gasteiger partial charge on any atom is 0.416 e. The first-order valence-corrected chi connectivity index (χ1v) is 50.1. The van der Waals surface area contributed by atoms with E-state index < -0.39 is 11.7 Å². The third-order valence-corrected chi connectivity index (χ3v) is 27.8. The van der Waals surface area contributed by atoms with Gasteiger partial charge in [-0.15, -0.1) is 0 Å². The Morgan fingerprint density at radius 1 is 0.277 bits per heavy atom. The molecule has 0 bridgehead atoms. The lowest BCUT2D eigenvalue weighted by Gasteiger charge is -2.29. The molecule has 148 heavy (non-hydrogen) atoms. The summed E-state index contributed by atoms with van der Waals surface area (Å²) in [7, 11) is 0. The second-order valence-electron chi connectivity index (χ2n) is 37.4. The van der Waals surface area contributed by atoms with Crippen molar-refractivity contribution in [2.75, 3.05) is 156 Å². The van der Waals surface area contributed by atoms with Gasteiger partial charge in [0.05, 0.1) is 130 Å². The van der Waals surface area contributed by atoms with Gasteiger partial charge in [-0.05, 0) is 220 Å². The number of fused-ring (bicyclic) bond motifs is 5. The highest BCUT2D eigenvalue weighted by atomic mass is 19.4. The maximum absolute atomic E-state index is 13.8. The number of benzene rings is 6. The Hall–Kier alpha value is -16.3. The second kappa shape index (κ2) is 43.5. The molecule has 29 heteroatoms. The van der Waals surface area contributed by atoms with Crippen molar-refractivity contribution >= 4 is 62.5 Å². The summed E-state index contributed by atoms with van der Waals surface area (Å²) in [5.41, 5.74) is 28.0. The predicted octanol–water partition coefficient (Wildman–Crippen LogP) is 23.5. The van der Waals surface area contributed by atoms with Gasteiger partial charge < -0.3 is 48.2 Å². The molecule has 0 radical (unpaired) electrons. The zero-order chi connectivity index (χ0) is 101. The average molecular weight is 1980 g/mol. The van der Waals surface area contributed by atoms with Gasteiger partial charge in [-0.1, -0.05) is 90.5 Å². The maximum atomic E-state index is 13.8. The molecule has 20 aromatic rings. The number of hydrogen-bond donors (Lipinski definition) is 0. The summed E-state index contributed by atoms with van der Waals surface area (Å²) >= 11 is 0. The fourth-order valence-electron chi connectivity index (χ4n) is 19.9. The van der Waals surface area contributed by atoms with Crippen LogP contribution in [-0.2, 0) is 29.9 Å². The molecule has 1 aliphatic carbocycles. The molecule has 5 aliphatic heterocycles. The van der Waals surface area contributed by atoms with Gasteiger partial charge in [-0.2, -0.15) is 13.2 Å². The van der Waals surface area contributed by atoms with Crippen LogP contribution in [0.1, 0.15) is 46.6 Å². The summed E-state index contributed by atoms with van der Waals surface area (Å²) in [5.74, 6) is 4.58. The van der Waals surface area contributed by atoms with Gasteiger partial charge in [-0.3, -0.25) is 47.5 Å². The molecule has 0 unspecified atom stereocenters. The number of anilines is 5. The first-order chi connectivity index (χ1) is 72.6. The summed E-state index contributed by atoms with van der Waals surface area (Å²) in [6.45, 7) is 21.5. The lowest BCUT2D eigenvalue weighted by atomic mass is 9.97. The van der Waals surface area contributed by atoms with E-state index in [4.69, 9.17) is 33.7 Å². The molecule has 6 fully saturated rings. The van der Waals surface area contributed by atoms with Gasteiger partial charge >= 0.3 is 6.18 Å². The highest BCUT2D eigenvalue weighted by Crippen LogP contribution is 2.45. The number of aryl methyl sites for hydroxylation is 3. The van der Waals surface area contributed by atoms with Crippen LogP contribution in [0.4, 0.5) is 50.9 Å². The van der Waals surface area contributed by atoms with Crippen LogP contribution in [0.15, 0.2) is 329 Å². The number of morpholine rings is 5. The Bertz CT molecular complexity index is 8160. The molecular formula is C119H108F5N19O5. The molecule has 6 aliphatic rings. The topological polar surface area (TPSA) is 209 Å². The Balaban J connectivity index is 0.000000105. The summed E-state index contributed by atoms with van der Waals surface area (Å²) in [5, 5.41) is 1.11. The van der Waals surface area contributed by atoms with E-state index in [-0.39, 0.29) is 11.6 Å². The Labute approximate surface area is 853 Å². The van der Waals surface area contributed by atoms with Crippen molar-refractivity contribution in [3.05, 3.63) is 369 Å². The van der Waals surface area contributed by atoms with Crippen molar-refractivity contribution in [3.8, 4) is 112 Å². The first kappa shape index (κ1) is 96.5. The third kappa shape index (κ3) is 21.1. The minimum Gasteiger partial charge on any atom is -0.378 e. The fourth-order valence-corrected chi connectivity index (χ4v) is 19.9. The van der Waals surface area contributed by atoms with Crippen LogP contribution in [-0.4, -0.2) is 199 Å². The molecule has 1 saturated carbocycles. The number of hydrogen-bond acceptors (Lipinski definition) is 20. The zero-order valence-electron chi connectivity index (χ0n) is 82.2. The van der Waals surface area contributed by atoms with E-state index in [1.165, 1.54) is 53.4 Å². The van der Waals surface area contributed by atoms with Gasteiger partial charge in [0.1, 0.15) is 57.5 Å². The van der Waals surface area contributed by atoms with Gasteiger partial charge in [0.25, 0.3) is 0 Å². The highest BCUT2D eigenvalue weighted by Gasteiger charge is 2.32. The van der Waals surface area contributed by atoms with Crippen molar-refractivity contribution in [2.24, 2.45) is 0 Å². The van der Waals surface area contributed by atoms with Crippen LogP contribution in [0.25, 0.3) is 145 Å². The molecule has 14 aromatic heterocycles. The van der Waals surface area contributed by atoms with Crippen molar-refractivity contribution in [1.82, 2.24) is 67.4 Å². The summed E-state index contributed by atoms with van der Waals surface area (Å²) in [4.78, 5) is 57.4.